The number of hydrogen-bond acceptors (Lipinski definition) is 6. The molecule has 3 aromatic rings. The summed E-state index contributed by atoms with van der Waals surface area (Å²) in [5.74, 6) is 0.284. The number of ether oxygens (including phenoxy) is 2. The van der Waals surface area contributed by atoms with Gasteiger partial charge in [-0.15, -0.1) is 0 Å². The summed E-state index contributed by atoms with van der Waals surface area (Å²) < 4.78 is 17.3. The van der Waals surface area contributed by atoms with Gasteiger partial charge in [-0.25, -0.2) is 4.79 Å². The zero-order valence-corrected chi connectivity index (χ0v) is 22.2. The molecule has 1 heterocycles. The third-order valence-electron chi connectivity index (χ3n) is 5.48. The number of carbonyl (C=O) groups excluding carboxylic acids is 2. The largest absolute Gasteiger partial charge is 0.488 e. The van der Waals surface area contributed by atoms with E-state index in [1.54, 1.807) is 51.1 Å². The summed E-state index contributed by atoms with van der Waals surface area (Å²) in [5.41, 5.74) is 0.717. The van der Waals surface area contributed by atoms with Gasteiger partial charge in [-0.2, -0.15) is 0 Å². The quantitative estimate of drug-likeness (QED) is 0.351. The van der Waals surface area contributed by atoms with Gasteiger partial charge in [0.05, 0.1) is 11.4 Å². The minimum atomic E-state index is -0.641. The fraction of sp³-hybridized carbons (Fsp3) is 0.429. The van der Waals surface area contributed by atoms with Crippen LogP contribution in [0.15, 0.2) is 52.9 Å². The predicted molar refractivity (Wildman–Crippen MR) is 143 cm³/mol. The number of furan rings is 1. The molecule has 0 radical (unpaired) electrons. The molecule has 8 heteroatoms. The van der Waals surface area contributed by atoms with Crippen LogP contribution in [0.25, 0.3) is 11.0 Å². The van der Waals surface area contributed by atoms with Gasteiger partial charge in [0.15, 0.2) is 17.1 Å². The molecule has 0 aliphatic carbocycles. The van der Waals surface area contributed by atoms with E-state index in [0.29, 0.717) is 41.4 Å². The number of benzene rings is 2. The molecule has 0 aliphatic heterocycles. The highest BCUT2D eigenvalue weighted by Gasteiger charge is 2.20. The first-order chi connectivity index (χ1) is 16.9. The molecule has 3 rings (SSSR count). The second-order valence-electron chi connectivity index (χ2n) is 10.2. The first kappa shape index (κ1) is 27.1. The summed E-state index contributed by atoms with van der Waals surface area (Å²) in [7, 11) is 0. The summed E-state index contributed by atoms with van der Waals surface area (Å²) in [6.07, 6.45) is -0.608. The van der Waals surface area contributed by atoms with E-state index in [9.17, 15) is 9.59 Å². The van der Waals surface area contributed by atoms with Gasteiger partial charge in [0.2, 0.25) is 0 Å². The van der Waals surface area contributed by atoms with Gasteiger partial charge >= 0.3 is 6.09 Å². The second-order valence-corrected chi connectivity index (χ2v) is 10.2. The van der Waals surface area contributed by atoms with Crippen molar-refractivity contribution in [2.24, 2.45) is 0 Å². The van der Waals surface area contributed by atoms with E-state index < -0.39 is 17.6 Å². The molecule has 2 amide bonds. The van der Waals surface area contributed by atoms with E-state index in [2.05, 4.69) is 43.2 Å². The van der Waals surface area contributed by atoms with Crippen LogP contribution in [0.2, 0.25) is 0 Å². The van der Waals surface area contributed by atoms with Crippen LogP contribution in [-0.2, 0) is 4.74 Å². The third kappa shape index (κ3) is 7.24. The number of rotatable bonds is 9. The maximum atomic E-state index is 13.0. The van der Waals surface area contributed by atoms with E-state index in [1.807, 2.05) is 18.2 Å². The van der Waals surface area contributed by atoms with Gasteiger partial charge < -0.3 is 19.2 Å². The van der Waals surface area contributed by atoms with Gasteiger partial charge in [-0.05, 0) is 72.7 Å². The minimum Gasteiger partial charge on any atom is -0.488 e. The molecule has 0 saturated heterocycles. The second kappa shape index (κ2) is 11.5. The number of nitrogens with zero attached hydrogens (tertiary/aromatic N) is 1. The molecule has 0 atom stereocenters. The molecule has 0 fully saturated rings. The molecule has 36 heavy (non-hydrogen) atoms. The van der Waals surface area contributed by atoms with E-state index >= 15 is 0 Å². The van der Waals surface area contributed by atoms with E-state index in [0.717, 1.165) is 11.9 Å². The zero-order valence-electron chi connectivity index (χ0n) is 22.2. The number of para-hydroxylation sites is 3. The normalized spacial score (nSPS) is 11.8. The van der Waals surface area contributed by atoms with Gasteiger partial charge in [0.25, 0.3) is 5.91 Å². The highest BCUT2D eigenvalue weighted by atomic mass is 16.6. The Hall–Kier alpha value is -3.52. The lowest BCUT2D eigenvalue weighted by Gasteiger charge is -2.30. The molecular weight excluding hydrogens is 458 g/mol. The highest BCUT2D eigenvalue weighted by Crippen LogP contribution is 2.30. The molecule has 0 bridgehead atoms. The average Bonchev–Trinajstić information content (AvgIpc) is 3.21. The maximum Gasteiger partial charge on any atom is 0.412 e. The molecule has 2 N–H and O–H groups in total. The topological polar surface area (TPSA) is 93.0 Å². The zero-order chi connectivity index (χ0) is 26.5. The van der Waals surface area contributed by atoms with Crippen molar-refractivity contribution in [2.75, 3.05) is 23.8 Å². The molecule has 2 aromatic carbocycles. The maximum absolute atomic E-state index is 13.0. The number of hydrogen-bond donors (Lipinski definition) is 2. The first-order valence-electron chi connectivity index (χ1n) is 12.3. The van der Waals surface area contributed by atoms with Crippen LogP contribution in [-0.4, -0.2) is 47.7 Å². The van der Waals surface area contributed by atoms with E-state index in [-0.39, 0.29) is 5.76 Å². The Labute approximate surface area is 212 Å². The van der Waals surface area contributed by atoms with Crippen LogP contribution < -0.4 is 15.4 Å². The van der Waals surface area contributed by atoms with Crippen molar-refractivity contribution in [1.29, 1.82) is 0 Å². The van der Waals surface area contributed by atoms with E-state index in [1.165, 1.54) is 0 Å². The van der Waals surface area contributed by atoms with Crippen molar-refractivity contribution >= 4 is 34.3 Å². The average molecular weight is 496 g/mol. The molecule has 0 spiro atoms. The van der Waals surface area contributed by atoms with Crippen molar-refractivity contribution in [2.45, 2.75) is 66.2 Å². The Morgan fingerprint density at radius 1 is 0.944 bits per heavy atom. The number of nitrogens with one attached hydrogen (secondary N) is 2. The Morgan fingerprint density at radius 2 is 1.58 bits per heavy atom. The van der Waals surface area contributed by atoms with Gasteiger partial charge in [-0.1, -0.05) is 24.3 Å². The fourth-order valence-electron chi connectivity index (χ4n) is 3.93. The number of fused-ring (bicyclic) bond motifs is 1. The Morgan fingerprint density at radius 3 is 2.19 bits per heavy atom. The first-order valence-corrected chi connectivity index (χ1v) is 12.3. The highest BCUT2D eigenvalue weighted by molar-refractivity contribution is 6.07. The van der Waals surface area contributed by atoms with Crippen LogP contribution in [0.3, 0.4) is 0 Å². The molecule has 1 aromatic heterocycles. The van der Waals surface area contributed by atoms with Crippen LogP contribution in [0, 0.1) is 0 Å². The number of carbonyl (C=O) groups is 2. The van der Waals surface area contributed by atoms with Crippen LogP contribution in [0.5, 0.6) is 5.75 Å². The van der Waals surface area contributed by atoms with E-state index in [4.69, 9.17) is 13.9 Å². The number of anilines is 2. The third-order valence-corrected chi connectivity index (χ3v) is 5.48. The Kier molecular flexibility index (Phi) is 8.63. The Balaban J connectivity index is 1.73. The molecular formula is C28H37N3O5. The van der Waals surface area contributed by atoms with Gasteiger partial charge in [0, 0.05) is 24.0 Å². The van der Waals surface area contributed by atoms with Crippen LogP contribution in [0.1, 0.15) is 59.0 Å². The van der Waals surface area contributed by atoms with Crippen LogP contribution in [0.4, 0.5) is 16.2 Å². The van der Waals surface area contributed by atoms with Crippen LogP contribution >= 0.6 is 0 Å². The lowest BCUT2D eigenvalue weighted by molar-refractivity contribution is 0.0635. The minimum absolute atomic E-state index is 0.138. The molecule has 0 aliphatic rings. The summed E-state index contributed by atoms with van der Waals surface area (Å²) in [6.45, 7) is 15.3. The molecule has 0 unspecified atom stereocenters. The summed E-state index contributed by atoms with van der Waals surface area (Å²) in [5, 5.41) is 6.25. The van der Waals surface area contributed by atoms with Crippen molar-refractivity contribution in [3.63, 3.8) is 0 Å². The summed E-state index contributed by atoms with van der Waals surface area (Å²) >= 11 is 0. The summed E-state index contributed by atoms with van der Waals surface area (Å²) in [6, 6.07) is 15.0. The smallest absolute Gasteiger partial charge is 0.412 e. The van der Waals surface area contributed by atoms with Gasteiger partial charge in [-0.3, -0.25) is 15.0 Å². The standard InChI is InChI=1S/C28H37N3O5/c1-18(2)31(19(3)4)15-16-34-23-14-10-11-20-17-24(35-25(20)23)26(32)29-21-12-8-9-13-22(21)30-27(33)36-28(5,6)7/h8-14,17-19H,15-16H2,1-7H3,(H,29,32)(H,30,33). The fourth-order valence-corrected chi connectivity index (χ4v) is 3.93. The van der Waals surface area contributed by atoms with Crippen molar-refractivity contribution in [3.05, 3.63) is 54.3 Å². The van der Waals surface area contributed by atoms with Gasteiger partial charge in [0.1, 0.15) is 12.2 Å². The monoisotopic (exact) mass is 495 g/mol. The lowest BCUT2D eigenvalue weighted by Crippen LogP contribution is -2.39. The van der Waals surface area contributed by atoms with Crippen molar-refractivity contribution in [3.8, 4) is 5.75 Å². The van der Waals surface area contributed by atoms with Crippen molar-refractivity contribution < 1.29 is 23.5 Å². The molecule has 194 valence electrons. The predicted octanol–water partition coefficient (Wildman–Crippen LogP) is 6.53. The number of amides is 2. The summed E-state index contributed by atoms with van der Waals surface area (Å²) in [4.78, 5) is 27.6. The van der Waals surface area contributed by atoms with Crippen molar-refractivity contribution in [1.82, 2.24) is 4.90 Å². The molecule has 0 saturated carbocycles. The Bertz CT molecular complexity index is 1190. The lowest BCUT2D eigenvalue weighted by atomic mass is 10.2. The SMILES string of the molecule is CC(C)N(CCOc1cccc2cc(C(=O)Nc3ccccc3NC(=O)OC(C)(C)C)oc12)C(C)C. The molecule has 8 nitrogen and oxygen atoms in total.